The Bertz CT molecular complexity index is 532. The van der Waals surface area contributed by atoms with Crippen molar-refractivity contribution in [3.8, 4) is 0 Å². The van der Waals surface area contributed by atoms with Crippen molar-refractivity contribution >= 4 is 0 Å². The quantitative estimate of drug-likeness (QED) is 0.875. The number of nitrogens with zero attached hydrogens (tertiary/aromatic N) is 1. The first-order chi connectivity index (χ1) is 9.34. The highest BCUT2D eigenvalue weighted by Gasteiger charge is 2.25. The smallest absolute Gasteiger partial charge is 0.0296 e. The summed E-state index contributed by atoms with van der Waals surface area (Å²) >= 11 is 0. The minimum Gasteiger partial charge on any atom is -0.306 e. The zero-order valence-corrected chi connectivity index (χ0v) is 11.3. The molecule has 0 unspecified atom stereocenters. The molecule has 19 heavy (non-hydrogen) atoms. The molecule has 2 nitrogen and oxygen atoms in total. The van der Waals surface area contributed by atoms with Crippen LogP contribution in [-0.4, -0.2) is 4.98 Å². The first kappa shape index (κ1) is 12.4. The molecule has 2 aromatic rings. The summed E-state index contributed by atoms with van der Waals surface area (Å²) in [5, 5.41) is 3.61. The van der Waals surface area contributed by atoms with Crippen molar-refractivity contribution in [2.45, 2.75) is 38.3 Å². The molecule has 1 aromatic heterocycles. The second-order valence-corrected chi connectivity index (χ2v) is 5.36. The number of hydrogen-bond acceptors (Lipinski definition) is 2. The molecule has 0 radical (unpaired) electrons. The Morgan fingerprint density at radius 1 is 1.16 bits per heavy atom. The third-order valence-corrected chi connectivity index (χ3v) is 3.88. The zero-order valence-electron chi connectivity index (χ0n) is 11.3. The fraction of sp³-hybridized carbons (Fsp3) is 0.353. The van der Waals surface area contributed by atoms with Gasteiger partial charge < -0.3 is 5.32 Å². The van der Waals surface area contributed by atoms with E-state index in [2.05, 4.69) is 53.6 Å². The van der Waals surface area contributed by atoms with Crippen LogP contribution in [0.1, 0.15) is 48.4 Å². The third-order valence-electron chi connectivity index (χ3n) is 3.88. The van der Waals surface area contributed by atoms with E-state index in [0.717, 1.165) is 12.5 Å². The van der Waals surface area contributed by atoms with E-state index in [1.54, 1.807) is 0 Å². The number of rotatable bonds is 5. The van der Waals surface area contributed by atoms with Crippen LogP contribution in [0.4, 0.5) is 0 Å². The molecule has 1 aromatic carbocycles. The van der Waals surface area contributed by atoms with Crippen LogP contribution in [0.2, 0.25) is 0 Å². The molecule has 1 heterocycles. The Morgan fingerprint density at radius 2 is 1.89 bits per heavy atom. The lowest BCUT2D eigenvalue weighted by Gasteiger charge is -2.16. The van der Waals surface area contributed by atoms with Gasteiger partial charge in [-0.25, -0.2) is 0 Å². The van der Waals surface area contributed by atoms with E-state index in [4.69, 9.17) is 0 Å². The summed E-state index contributed by atoms with van der Waals surface area (Å²) in [7, 11) is 0. The van der Waals surface area contributed by atoms with Gasteiger partial charge in [0.2, 0.25) is 0 Å². The Labute approximate surface area is 114 Å². The second-order valence-electron chi connectivity index (χ2n) is 5.36. The van der Waals surface area contributed by atoms with Gasteiger partial charge in [-0.05, 0) is 54.5 Å². The van der Waals surface area contributed by atoms with Crippen LogP contribution >= 0.6 is 0 Å². The molecule has 1 fully saturated rings. The predicted octanol–water partition coefficient (Wildman–Crippen LogP) is 3.81. The summed E-state index contributed by atoms with van der Waals surface area (Å²) in [6.07, 6.45) is 6.42. The van der Waals surface area contributed by atoms with Crippen LogP contribution in [-0.2, 0) is 6.54 Å². The molecule has 0 spiro atoms. The van der Waals surface area contributed by atoms with Crippen molar-refractivity contribution in [3.05, 3.63) is 65.5 Å². The zero-order chi connectivity index (χ0) is 13.1. The Balaban J connectivity index is 1.66. The highest BCUT2D eigenvalue weighted by molar-refractivity contribution is 5.33. The molecule has 0 saturated heterocycles. The van der Waals surface area contributed by atoms with E-state index in [-0.39, 0.29) is 0 Å². The average molecular weight is 252 g/mol. The van der Waals surface area contributed by atoms with Crippen molar-refractivity contribution in [2.75, 3.05) is 0 Å². The minimum atomic E-state index is 0.357. The molecule has 1 aliphatic rings. The van der Waals surface area contributed by atoms with Crippen LogP contribution < -0.4 is 5.32 Å². The fourth-order valence-electron chi connectivity index (χ4n) is 2.52. The summed E-state index contributed by atoms with van der Waals surface area (Å²) in [5.41, 5.74) is 4.28. The van der Waals surface area contributed by atoms with E-state index < -0.39 is 0 Å². The highest BCUT2D eigenvalue weighted by atomic mass is 14.9. The molecule has 1 saturated carbocycles. The maximum atomic E-state index is 4.06. The largest absolute Gasteiger partial charge is 0.306 e. The molecule has 98 valence electrons. The van der Waals surface area contributed by atoms with Gasteiger partial charge >= 0.3 is 0 Å². The molecule has 1 atom stereocenters. The molecular formula is C17H20N2. The van der Waals surface area contributed by atoms with E-state index >= 15 is 0 Å². The van der Waals surface area contributed by atoms with Crippen LogP contribution in [0.25, 0.3) is 0 Å². The van der Waals surface area contributed by atoms with E-state index in [1.165, 1.54) is 29.5 Å². The Kier molecular flexibility index (Phi) is 3.60. The summed E-state index contributed by atoms with van der Waals surface area (Å²) in [6, 6.07) is 13.3. The summed E-state index contributed by atoms with van der Waals surface area (Å²) < 4.78 is 0. The molecule has 3 rings (SSSR count). The van der Waals surface area contributed by atoms with Crippen molar-refractivity contribution in [1.82, 2.24) is 10.3 Å². The Hall–Kier alpha value is -1.67. The standard InChI is InChI=1S/C17H20N2/c1-13(14-8-10-18-11-9-14)19-12-16-4-2-3-5-17(16)15-6-7-15/h2-5,8-11,13,15,19H,6-7,12H2,1H3/t13-/m0/s1. The lowest BCUT2D eigenvalue weighted by molar-refractivity contribution is 0.572. The maximum absolute atomic E-state index is 4.06. The first-order valence-electron chi connectivity index (χ1n) is 7.05. The SMILES string of the molecule is C[C@H](NCc1ccccc1C1CC1)c1ccncc1. The van der Waals surface area contributed by atoms with Gasteiger partial charge in [-0.2, -0.15) is 0 Å². The van der Waals surface area contributed by atoms with Crippen LogP contribution in [0.3, 0.4) is 0 Å². The van der Waals surface area contributed by atoms with Crippen LogP contribution in [0.5, 0.6) is 0 Å². The molecule has 0 bridgehead atoms. The van der Waals surface area contributed by atoms with Crippen molar-refractivity contribution in [2.24, 2.45) is 0 Å². The van der Waals surface area contributed by atoms with Gasteiger partial charge in [0.05, 0.1) is 0 Å². The molecule has 1 aliphatic carbocycles. The van der Waals surface area contributed by atoms with Gasteiger partial charge in [-0.15, -0.1) is 0 Å². The summed E-state index contributed by atoms with van der Waals surface area (Å²) in [6.45, 7) is 3.14. The molecule has 0 aliphatic heterocycles. The van der Waals surface area contributed by atoms with Gasteiger partial charge in [0.15, 0.2) is 0 Å². The number of benzene rings is 1. The Morgan fingerprint density at radius 3 is 2.63 bits per heavy atom. The normalized spacial score (nSPS) is 16.3. The topological polar surface area (TPSA) is 24.9 Å². The van der Waals surface area contributed by atoms with Gasteiger partial charge in [0, 0.05) is 25.0 Å². The third kappa shape index (κ3) is 3.02. The van der Waals surface area contributed by atoms with Gasteiger partial charge in [0.1, 0.15) is 0 Å². The lowest BCUT2D eigenvalue weighted by Crippen LogP contribution is -2.18. The predicted molar refractivity (Wildman–Crippen MR) is 77.9 cm³/mol. The number of pyridine rings is 1. The van der Waals surface area contributed by atoms with Crippen molar-refractivity contribution < 1.29 is 0 Å². The monoisotopic (exact) mass is 252 g/mol. The number of hydrogen-bond donors (Lipinski definition) is 1. The van der Waals surface area contributed by atoms with E-state index in [1.807, 2.05) is 12.4 Å². The molecule has 0 amide bonds. The van der Waals surface area contributed by atoms with Crippen molar-refractivity contribution in [1.29, 1.82) is 0 Å². The second kappa shape index (κ2) is 5.54. The van der Waals surface area contributed by atoms with Crippen molar-refractivity contribution in [3.63, 3.8) is 0 Å². The van der Waals surface area contributed by atoms with E-state index in [0.29, 0.717) is 6.04 Å². The van der Waals surface area contributed by atoms with Gasteiger partial charge in [0.25, 0.3) is 0 Å². The number of nitrogens with one attached hydrogen (secondary N) is 1. The summed E-state index contributed by atoms with van der Waals surface area (Å²) in [5.74, 6) is 0.814. The maximum Gasteiger partial charge on any atom is 0.0296 e. The molecular weight excluding hydrogens is 232 g/mol. The van der Waals surface area contributed by atoms with Gasteiger partial charge in [-0.3, -0.25) is 4.98 Å². The highest BCUT2D eigenvalue weighted by Crippen LogP contribution is 2.41. The molecule has 1 N–H and O–H groups in total. The summed E-state index contributed by atoms with van der Waals surface area (Å²) in [4.78, 5) is 4.06. The van der Waals surface area contributed by atoms with Gasteiger partial charge in [-0.1, -0.05) is 24.3 Å². The van der Waals surface area contributed by atoms with E-state index in [9.17, 15) is 0 Å². The molecule has 2 heteroatoms. The first-order valence-corrected chi connectivity index (χ1v) is 7.05. The van der Waals surface area contributed by atoms with Crippen LogP contribution in [0.15, 0.2) is 48.8 Å². The van der Waals surface area contributed by atoms with Crippen LogP contribution in [0, 0.1) is 0 Å². The lowest BCUT2D eigenvalue weighted by atomic mass is 10.0. The minimum absolute atomic E-state index is 0.357. The fourth-order valence-corrected chi connectivity index (χ4v) is 2.52. The average Bonchev–Trinajstić information content (AvgIpc) is 3.30. The number of aromatic nitrogens is 1.